The summed E-state index contributed by atoms with van der Waals surface area (Å²) < 4.78 is 0. The first-order valence-corrected chi connectivity index (χ1v) is 8.72. The molecule has 1 fully saturated rings. The first kappa shape index (κ1) is 17.0. The average Bonchev–Trinajstić information content (AvgIpc) is 2.50. The molecule has 0 bridgehead atoms. The van der Waals surface area contributed by atoms with Gasteiger partial charge >= 0.3 is 6.03 Å². The second-order valence-electron chi connectivity index (χ2n) is 6.77. The molecule has 0 aromatic rings. The van der Waals surface area contributed by atoms with E-state index in [0.717, 1.165) is 38.3 Å². The zero-order valence-corrected chi connectivity index (χ0v) is 13.7. The van der Waals surface area contributed by atoms with Crippen LogP contribution in [0.5, 0.6) is 0 Å². The summed E-state index contributed by atoms with van der Waals surface area (Å²) >= 11 is 0. The normalized spacial score (nSPS) is 25.2. The Bertz CT molecular complexity index is 412. The number of quaternary nitrogens is 1. The zero-order chi connectivity index (χ0) is 15.8. The Morgan fingerprint density at radius 3 is 2.73 bits per heavy atom. The van der Waals surface area contributed by atoms with Crippen LogP contribution in [0.4, 0.5) is 4.79 Å². The Morgan fingerprint density at radius 2 is 2.05 bits per heavy atom. The standard InChI is InChI=1S/C17H29N3O2/c1-14-8-11-20(12-9-14)13-16(21)19-17(22)18-10-7-15-5-3-2-4-6-15/h5,14H,2-4,6-13H2,1H3,(H2,18,19,21,22)/p+1. The van der Waals surface area contributed by atoms with Crippen molar-refractivity contribution in [3.8, 4) is 0 Å². The summed E-state index contributed by atoms with van der Waals surface area (Å²) in [6.45, 7) is 5.34. The molecule has 0 unspecified atom stereocenters. The summed E-state index contributed by atoms with van der Waals surface area (Å²) in [6, 6.07) is -0.355. The van der Waals surface area contributed by atoms with Gasteiger partial charge in [-0.1, -0.05) is 18.6 Å². The van der Waals surface area contributed by atoms with Crippen molar-refractivity contribution in [3.05, 3.63) is 11.6 Å². The number of carbonyl (C=O) groups excluding carboxylic acids is 2. The number of allylic oxidation sites excluding steroid dienone is 1. The van der Waals surface area contributed by atoms with E-state index in [2.05, 4.69) is 23.6 Å². The van der Waals surface area contributed by atoms with Gasteiger partial charge in [0.15, 0.2) is 6.54 Å². The number of hydrogen-bond acceptors (Lipinski definition) is 2. The highest BCUT2D eigenvalue weighted by molar-refractivity contribution is 5.94. The van der Waals surface area contributed by atoms with Crippen LogP contribution < -0.4 is 15.5 Å². The molecule has 0 radical (unpaired) electrons. The molecule has 1 aliphatic heterocycles. The predicted octanol–water partition coefficient (Wildman–Crippen LogP) is 1.02. The van der Waals surface area contributed by atoms with Gasteiger partial charge in [-0.15, -0.1) is 0 Å². The third-order valence-electron chi connectivity index (χ3n) is 4.76. The van der Waals surface area contributed by atoms with Crippen LogP contribution in [0.25, 0.3) is 0 Å². The third-order valence-corrected chi connectivity index (χ3v) is 4.76. The molecule has 0 aromatic carbocycles. The van der Waals surface area contributed by atoms with Crippen molar-refractivity contribution in [1.29, 1.82) is 0 Å². The molecular formula is C17H30N3O2+. The third kappa shape index (κ3) is 6.18. The molecule has 1 saturated heterocycles. The van der Waals surface area contributed by atoms with E-state index in [1.54, 1.807) is 0 Å². The highest BCUT2D eigenvalue weighted by atomic mass is 16.2. The largest absolute Gasteiger partial charge is 0.337 e. The van der Waals surface area contributed by atoms with Crippen molar-refractivity contribution in [2.24, 2.45) is 5.92 Å². The van der Waals surface area contributed by atoms with Gasteiger partial charge in [0, 0.05) is 6.54 Å². The summed E-state index contributed by atoms with van der Waals surface area (Å²) in [4.78, 5) is 24.9. The monoisotopic (exact) mass is 308 g/mol. The zero-order valence-electron chi connectivity index (χ0n) is 13.7. The fraction of sp³-hybridized carbons (Fsp3) is 0.765. The van der Waals surface area contributed by atoms with E-state index in [0.29, 0.717) is 13.1 Å². The quantitative estimate of drug-likeness (QED) is 0.664. The van der Waals surface area contributed by atoms with Crippen LogP contribution in [-0.2, 0) is 4.79 Å². The average molecular weight is 308 g/mol. The number of imide groups is 1. The van der Waals surface area contributed by atoms with Gasteiger partial charge in [-0.3, -0.25) is 10.1 Å². The number of piperidine rings is 1. The Kier molecular flexibility index (Phi) is 6.90. The van der Waals surface area contributed by atoms with E-state index >= 15 is 0 Å². The van der Waals surface area contributed by atoms with E-state index in [1.165, 1.54) is 36.2 Å². The summed E-state index contributed by atoms with van der Waals surface area (Å²) in [5.74, 6) is 0.600. The molecular weight excluding hydrogens is 278 g/mol. The predicted molar refractivity (Wildman–Crippen MR) is 86.7 cm³/mol. The summed E-state index contributed by atoms with van der Waals surface area (Å²) in [5, 5.41) is 5.23. The van der Waals surface area contributed by atoms with Crippen molar-refractivity contribution in [2.45, 2.75) is 51.9 Å². The minimum absolute atomic E-state index is 0.168. The minimum Gasteiger partial charge on any atom is -0.337 e. The highest BCUT2D eigenvalue weighted by Crippen LogP contribution is 2.19. The molecule has 5 heteroatoms. The molecule has 1 aliphatic carbocycles. The number of nitrogens with one attached hydrogen (secondary N) is 3. The fourth-order valence-corrected chi connectivity index (χ4v) is 3.26. The Labute approximate surface area is 133 Å². The number of carbonyl (C=O) groups is 2. The maximum absolute atomic E-state index is 11.9. The Balaban J connectivity index is 1.57. The maximum atomic E-state index is 11.9. The van der Waals surface area contributed by atoms with Crippen LogP contribution in [-0.4, -0.2) is 38.1 Å². The number of urea groups is 1. The molecule has 124 valence electrons. The van der Waals surface area contributed by atoms with Gasteiger partial charge in [0.2, 0.25) is 0 Å². The van der Waals surface area contributed by atoms with E-state index in [9.17, 15) is 9.59 Å². The van der Waals surface area contributed by atoms with E-state index < -0.39 is 0 Å². The lowest BCUT2D eigenvalue weighted by atomic mass is 9.97. The van der Waals surface area contributed by atoms with Gasteiger partial charge in [0.1, 0.15) is 0 Å². The van der Waals surface area contributed by atoms with Crippen molar-refractivity contribution < 1.29 is 14.5 Å². The van der Waals surface area contributed by atoms with Crippen LogP contribution in [0.3, 0.4) is 0 Å². The van der Waals surface area contributed by atoms with Crippen LogP contribution >= 0.6 is 0 Å². The van der Waals surface area contributed by atoms with Gasteiger partial charge in [0.05, 0.1) is 13.1 Å². The van der Waals surface area contributed by atoms with Crippen molar-refractivity contribution >= 4 is 11.9 Å². The molecule has 2 rings (SSSR count). The van der Waals surface area contributed by atoms with E-state index in [4.69, 9.17) is 0 Å². The summed E-state index contributed by atoms with van der Waals surface area (Å²) in [6.07, 6.45) is 10.4. The molecule has 0 aromatic heterocycles. The minimum atomic E-state index is -0.355. The Morgan fingerprint density at radius 1 is 1.27 bits per heavy atom. The first-order valence-electron chi connectivity index (χ1n) is 8.72. The van der Waals surface area contributed by atoms with Gasteiger partial charge in [-0.25, -0.2) is 4.79 Å². The van der Waals surface area contributed by atoms with Crippen LogP contribution in [0.1, 0.15) is 51.9 Å². The molecule has 0 atom stereocenters. The molecule has 1 heterocycles. The van der Waals surface area contributed by atoms with Crippen molar-refractivity contribution in [1.82, 2.24) is 10.6 Å². The Hall–Kier alpha value is -1.36. The lowest BCUT2D eigenvalue weighted by Gasteiger charge is -2.26. The van der Waals surface area contributed by atoms with Gasteiger partial charge in [-0.05, 0) is 50.9 Å². The molecule has 2 aliphatic rings. The number of amides is 3. The van der Waals surface area contributed by atoms with E-state index in [1.807, 2.05) is 0 Å². The molecule has 22 heavy (non-hydrogen) atoms. The second kappa shape index (κ2) is 8.93. The number of hydrogen-bond donors (Lipinski definition) is 3. The van der Waals surface area contributed by atoms with Gasteiger partial charge in [0.25, 0.3) is 5.91 Å². The van der Waals surface area contributed by atoms with Crippen LogP contribution in [0, 0.1) is 5.92 Å². The van der Waals surface area contributed by atoms with Gasteiger partial charge in [-0.2, -0.15) is 0 Å². The molecule has 3 amide bonds. The first-order chi connectivity index (χ1) is 10.6. The highest BCUT2D eigenvalue weighted by Gasteiger charge is 2.21. The molecule has 0 spiro atoms. The fourth-order valence-electron chi connectivity index (χ4n) is 3.26. The smallest absolute Gasteiger partial charge is 0.321 e. The molecule has 5 nitrogen and oxygen atoms in total. The molecule has 3 N–H and O–H groups in total. The van der Waals surface area contributed by atoms with Gasteiger partial charge < -0.3 is 10.2 Å². The van der Waals surface area contributed by atoms with Crippen LogP contribution in [0.2, 0.25) is 0 Å². The second-order valence-corrected chi connectivity index (χ2v) is 6.77. The van der Waals surface area contributed by atoms with E-state index in [-0.39, 0.29) is 11.9 Å². The lowest BCUT2D eigenvalue weighted by Crippen LogP contribution is -3.14. The lowest BCUT2D eigenvalue weighted by molar-refractivity contribution is -0.898. The molecule has 0 saturated carbocycles. The summed E-state index contributed by atoms with van der Waals surface area (Å²) in [5.41, 5.74) is 1.43. The van der Waals surface area contributed by atoms with Crippen molar-refractivity contribution in [2.75, 3.05) is 26.2 Å². The topological polar surface area (TPSA) is 62.6 Å². The maximum Gasteiger partial charge on any atom is 0.321 e. The number of likely N-dealkylation sites (tertiary alicyclic amines) is 1. The summed E-state index contributed by atoms with van der Waals surface area (Å²) in [7, 11) is 0. The SMILES string of the molecule is CC1CC[NH+](CC(=O)NC(=O)NCCC2=CCCCC2)CC1. The number of rotatable bonds is 5. The van der Waals surface area contributed by atoms with Crippen molar-refractivity contribution in [3.63, 3.8) is 0 Å². The van der Waals surface area contributed by atoms with Crippen LogP contribution in [0.15, 0.2) is 11.6 Å².